The number of pyridine rings is 1. The first-order chi connectivity index (χ1) is 11.7. The van der Waals surface area contributed by atoms with Gasteiger partial charge in [-0.1, -0.05) is 30.3 Å². The number of hydrogen-bond donors (Lipinski definition) is 1. The van der Waals surface area contributed by atoms with Crippen molar-refractivity contribution >= 4 is 11.7 Å². The molecule has 0 aliphatic carbocycles. The van der Waals surface area contributed by atoms with Gasteiger partial charge in [0, 0.05) is 42.9 Å². The van der Waals surface area contributed by atoms with Gasteiger partial charge in [-0.3, -0.25) is 14.5 Å². The number of rotatable bonds is 3. The number of amides is 1. The van der Waals surface area contributed by atoms with Crippen LogP contribution in [0.15, 0.2) is 54.9 Å². The fourth-order valence-corrected chi connectivity index (χ4v) is 3.37. The van der Waals surface area contributed by atoms with Crippen molar-refractivity contribution in [3.05, 3.63) is 66.0 Å². The zero-order chi connectivity index (χ0) is 16.5. The number of nitrogens with one attached hydrogen (secondary N) is 1. The third-order valence-corrected chi connectivity index (χ3v) is 4.44. The monoisotopic (exact) mass is 318 g/mol. The first-order valence-corrected chi connectivity index (χ1v) is 8.03. The Hall–Kier alpha value is -2.95. The van der Waals surface area contributed by atoms with Gasteiger partial charge in [-0.15, -0.1) is 0 Å². The van der Waals surface area contributed by atoms with E-state index in [0.29, 0.717) is 6.42 Å². The quantitative estimate of drug-likeness (QED) is 0.807. The highest BCUT2D eigenvalue weighted by atomic mass is 16.1. The van der Waals surface area contributed by atoms with Crippen molar-refractivity contribution in [3.63, 3.8) is 0 Å². The van der Waals surface area contributed by atoms with Crippen molar-refractivity contribution in [1.82, 2.24) is 14.8 Å². The molecule has 5 heteroatoms. The zero-order valence-corrected chi connectivity index (χ0v) is 13.4. The van der Waals surface area contributed by atoms with Gasteiger partial charge in [-0.25, -0.2) is 0 Å². The summed E-state index contributed by atoms with van der Waals surface area (Å²) in [5, 5.41) is 7.63. The maximum atomic E-state index is 12.2. The number of nitrogens with zero attached hydrogens (tertiary/aromatic N) is 3. The smallest absolute Gasteiger partial charge is 0.226 e. The predicted molar refractivity (Wildman–Crippen MR) is 92.6 cm³/mol. The van der Waals surface area contributed by atoms with Gasteiger partial charge >= 0.3 is 0 Å². The number of hydrogen-bond acceptors (Lipinski definition) is 3. The molecule has 3 heterocycles. The molecule has 1 aliphatic heterocycles. The average molecular weight is 318 g/mol. The van der Waals surface area contributed by atoms with Crippen LogP contribution in [0.1, 0.15) is 23.5 Å². The predicted octanol–water partition coefficient (Wildman–Crippen LogP) is 3.15. The molecule has 120 valence electrons. The van der Waals surface area contributed by atoms with E-state index in [1.54, 1.807) is 10.9 Å². The number of aromatic nitrogens is 3. The second-order valence-electron chi connectivity index (χ2n) is 6.12. The van der Waals surface area contributed by atoms with Crippen molar-refractivity contribution in [3.8, 4) is 11.3 Å². The summed E-state index contributed by atoms with van der Waals surface area (Å²) in [7, 11) is 1.86. The Balaban J connectivity index is 1.81. The molecule has 1 aliphatic rings. The Labute approximate surface area is 140 Å². The van der Waals surface area contributed by atoms with Crippen LogP contribution in [0.5, 0.6) is 0 Å². The van der Waals surface area contributed by atoms with E-state index in [9.17, 15) is 4.79 Å². The number of anilines is 1. The average Bonchev–Trinajstić information content (AvgIpc) is 2.94. The van der Waals surface area contributed by atoms with E-state index in [2.05, 4.69) is 27.5 Å². The van der Waals surface area contributed by atoms with Crippen molar-refractivity contribution in [2.24, 2.45) is 7.05 Å². The number of benzene rings is 1. The lowest BCUT2D eigenvalue weighted by atomic mass is 9.85. The lowest BCUT2D eigenvalue weighted by molar-refractivity contribution is -0.116. The first kappa shape index (κ1) is 14.6. The molecule has 24 heavy (non-hydrogen) atoms. The van der Waals surface area contributed by atoms with Crippen molar-refractivity contribution < 1.29 is 4.79 Å². The molecule has 0 saturated heterocycles. The summed E-state index contributed by atoms with van der Waals surface area (Å²) in [6, 6.07) is 14.2. The minimum Gasteiger partial charge on any atom is -0.311 e. The summed E-state index contributed by atoms with van der Waals surface area (Å²) in [6.45, 7) is 0. The van der Waals surface area contributed by atoms with Crippen molar-refractivity contribution in [1.29, 1.82) is 0 Å². The molecule has 0 bridgehead atoms. The summed E-state index contributed by atoms with van der Waals surface area (Å²) in [6.07, 6.45) is 4.86. The molecule has 4 rings (SSSR count). The fraction of sp³-hybridized carbons (Fsp3) is 0.211. The molecule has 1 amide bonds. The first-order valence-electron chi connectivity index (χ1n) is 8.03. The number of aryl methyl sites for hydroxylation is 1. The van der Waals surface area contributed by atoms with Gasteiger partial charge in [0.25, 0.3) is 0 Å². The number of fused-ring (bicyclic) bond motifs is 1. The van der Waals surface area contributed by atoms with Crippen LogP contribution in [0.3, 0.4) is 0 Å². The molecule has 1 atom stereocenters. The third kappa shape index (κ3) is 2.58. The Morgan fingerprint density at radius 3 is 2.79 bits per heavy atom. The maximum Gasteiger partial charge on any atom is 0.226 e. The molecule has 0 radical (unpaired) electrons. The van der Waals surface area contributed by atoms with Gasteiger partial charge in [0.15, 0.2) is 0 Å². The lowest BCUT2D eigenvalue weighted by Gasteiger charge is -2.24. The fourth-order valence-electron chi connectivity index (χ4n) is 3.37. The highest BCUT2D eigenvalue weighted by molar-refractivity contribution is 5.95. The second-order valence-corrected chi connectivity index (χ2v) is 6.12. The molecule has 3 aromatic rings. The number of carbonyl (C=O) groups excluding carboxylic acids is 1. The molecule has 0 fully saturated rings. The second kappa shape index (κ2) is 5.92. The topological polar surface area (TPSA) is 59.8 Å². The summed E-state index contributed by atoms with van der Waals surface area (Å²) in [4.78, 5) is 16.4. The zero-order valence-electron chi connectivity index (χ0n) is 13.4. The van der Waals surface area contributed by atoms with E-state index >= 15 is 0 Å². The highest BCUT2D eigenvalue weighted by Gasteiger charge is 2.32. The van der Waals surface area contributed by atoms with E-state index in [1.807, 2.05) is 43.6 Å². The van der Waals surface area contributed by atoms with Gasteiger partial charge in [0.05, 0.1) is 5.69 Å². The standard InChI is InChI=1S/C19H18N4O/c1-23-19-17(18(22-23)14-8-5-9-20-12-14)15(11-16(24)21-19)10-13-6-3-2-4-7-13/h2-9,12,15H,10-11H2,1H3,(H,21,24). The van der Waals surface area contributed by atoms with Gasteiger partial charge in [-0.05, 0) is 24.1 Å². The van der Waals surface area contributed by atoms with Gasteiger partial charge in [-0.2, -0.15) is 5.10 Å². The lowest BCUT2D eigenvalue weighted by Crippen LogP contribution is -2.25. The minimum atomic E-state index is 0.0455. The molecule has 5 nitrogen and oxygen atoms in total. The van der Waals surface area contributed by atoms with Gasteiger partial charge in [0.2, 0.25) is 5.91 Å². The van der Waals surface area contributed by atoms with E-state index in [0.717, 1.165) is 29.1 Å². The maximum absolute atomic E-state index is 12.2. The molecule has 1 N–H and O–H groups in total. The minimum absolute atomic E-state index is 0.0455. The van der Waals surface area contributed by atoms with Crippen LogP contribution >= 0.6 is 0 Å². The van der Waals surface area contributed by atoms with Crippen LogP contribution in [-0.4, -0.2) is 20.7 Å². The molecule has 1 aromatic carbocycles. The molecular weight excluding hydrogens is 300 g/mol. The van der Waals surface area contributed by atoms with Crippen LogP contribution in [0.25, 0.3) is 11.3 Å². The third-order valence-electron chi connectivity index (χ3n) is 4.44. The van der Waals surface area contributed by atoms with Crippen LogP contribution in [0, 0.1) is 0 Å². The van der Waals surface area contributed by atoms with Crippen LogP contribution in [0.2, 0.25) is 0 Å². The van der Waals surface area contributed by atoms with Crippen molar-refractivity contribution in [2.45, 2.75) is 18.8 Å². The summed E-state index contributed by atoms with van der Waals surface area (Å²) >= 11 is 0. The Morgan fingerprint density at radius 1 is 1.21 bits per heavy atom. The largest absolute Gasteiger partial charge is 0.311 e. The van der Waals surface area contributed by atoms with E-state index in [4.69, 9.17) is 0 Å². The summed E-state index contributed by atoms with van der Waals surface area (Å²) < 4.78 is 1.76. The van der Waals surface area contributed by atoms with E-state index in [-0.39, 0.29) is 11.8 Å². The van der Waals surface area contributed by atoms with Crippen molar-refractivity contribution in [2.75, 3.05) is 5.32 Å². The van der Waals surface area contributed by atoms with Crippen LogP contribution in [-0.2, 0) is 18.3 Å². The number of carbonyl (C=O) groups is 1. The summed E-state index contributed by atoms with van der Waals surface area (Å²) in [5.41, 5.74) is 4.21. The van der Waals surface area contributed by atoms with Crippen LogP contribution in [0.4, 0.5) is 5.82 Å². The Kier molecular flexibility index (Phi) is 3.61. The normalized spacial score (nSPS) is 16.5. The molecule has 1 unspecified atom stereocenters. The SMILES string of the molecule is Cn1nc(-c2cccnc2)c2c1NC(=O)CC2Cc1ccccc1. The molecule has 0 saturated carbocycles. The van der Waals surface area contributed by atoms with Gasteiger partial charge < -0.3 is 5.32 Å². The Morgan fingerprint density at radius 2 is 2.04 bits per heavy atom. The summed E-state index contributed by atoms with van der Waals surface area (Å²) in [5.74, 6) is 0.954. The molecule has 0 spiro atoms. The van der Waals surface area contributed by atoms with E-state index < -0.39 is 0 Å². The van der Waals surface area contributed by atoms with Crippen LogP contribution < -0.4 is 5.32 Å². The molecule has 2 aromatic heterocycles. The highest BCUT2D eigenvalue weighted by Crippen LogP contribution is 2.40. The Bertz CT molecular complexity index is 871. The van der Waals surface area contributed by atoms with Gasteiger partial charge in [0.1, 0.15) is 5.82 Å². The van der Waals surface area contributed by atoms with E-state index in [1.165, 1.54) is 5.56 Å². The molecular formula is C19H18N4O.